The summed E-state index contributed by atoms with van der Waals surface area (Å²) in [6.07, 6.45) is 4.17. The first-order valence-corrected chi connectivity index (χ1v) is 5.42. The van der Waals surface area contributed by atoms with Crippen LogP contribution in [0.5, 0.6) is 11.5 Å². The second-order valence-corrected chi connectivity index (χ2v) is 4.00. The Bertz CT molecular complexity index is 390. The zero-order chi connectivity index (χ0) is 11.5. The van der Waals surface area contributed by atoms with Crippen LogP contribution >= 0.6 is 0 Å². The third-order valence-electron chi connectivity index (χ3n) is 2.88. The van der Waals surface area contributed by atoms with Gasteiger partial charge in [-0.15, -0.1) is 0 Å². The molecule has 1 aromatic rings. The number of ether oxygens (including phenoxy) is 2. The fourth-order valence-corrected chi connectivity index (χ4v) is 1.98. The summed E-state index contributed by atoms with van der Waals surface area (Å²) < 4.78 is 10.5. The first-order chi connectivity index (χ1) is 7.72. The van der Waals surface area contributed by atoms with Gasteiger partial charge in [-0.3, -0.25) is 0 Å². The lowest BCUT2D eigenvalue weighted by molar-refractivity contribution is 0.394. The molecule has 2 N–H and O–H groups in total. The van der Waals surface area contributed by atoms with Crippen molar-refractivity contribution in [1.82, 2.24) is 0 Å². The first kappa shape index (κ1) is 11.0. The van der Waals surface area contributed by atoms with E-state index in [1.807, 2.05) is 18.2 Å². The van der Waals surface area contributed by atoms with Gasteiger partial charge in [0.05, 0.1) is 14.2 Å². The van der Waals surface area contributed by atoms with Gasteiger partial charge in [0.15, 0.2) is 0 Å². The molecule has 1 aliphatic carbocycles. The highest BCUT2D eigenvalue weighted by Crippen LogP contribution is 2.32. The molecule has 0 heterocycles. The molecule has 3 nitrogen and oxygen atoms in total. The van der Waals surface area contributed by atoms with E-state index < -0.39 is 0 Å². The number of benzene rings is 1. The van der Waals surface area contributed by atoms with Crippen molar-refractivity contribution in [2.75, 3.05) is 14.2 Å². The Labute approximate surface area is 95.9 Å². The molecule has 0 amide bonds. The molecule has 2 rings (SSSR count). The van der Waals surface area contributed by atoms with Gasteiger partial charge < -0.3 is 15.2 Å². The summed E-state index contributed by atoms with van der Waals surface area (Å²) in [6, 6.07) is 6.10. The minimum atomic E-state index is 0.187. The largest absolute Gasteiger partial charge is 0.497 e. The zero-order valence-corrected chi connectivity index (χ0v) is 9.69. The van der Waals surface area contributed by atoms with Gasteiger partial charge in [-0.25, -0.2) is 0 Å². The molecule has 0 saturated carbocycles. The molecule has 1 unspecified atom stereocenters. The van der Waals surface area contributed by atoms with Gasteiger partial charge in [0, 0.05) is 12.1 Å². The van der Waals surface area contributed by atoms with Crippen molar-refractivity contribution in [3.05, 3.63) is 29.8 Å². The second-order valence-electron chi connectivity index (χ2n) is 4.00. The van der Waals surface area contributed by atoms with Crippen molar-refractivity contribution in [3.63, 3.8) is 0 Å². The normalized spacial score (nSPS) is 19.4. The second kappa shape index (κ2) is 4.58. The SMILES string of the molecule is COc1cc(OC)cc(C2=CC(N)CC2)c1. The Hall–Kier alpha value is -1.48. The van der Waals surface area contributed by atoms with E-state index >= 15 is 0 Å². The number of nitrogens with two attached hydrogens (primary N) is 1. The Kier molecular flexibility index (Phi) is 3.15. The molecule has 3 heteroatoms. The van der Waals surface area contributed by atoms with E-state index in [0.717, 1.165) is 29.9 Å². The molecule has 0 fully saturated rings. The van der Waals surface area contributed by atoms with E-state index in [1.54, 1.807) is 14.2 Å². The standard InChI is InChI=1S/C13H17NO2/c1-15-12-6-10(7-13(8-12)16-2)9-3-4-11(14)5-9/h5-8,11H,3-4,14H2,1-2H3. The summed E-state index contributed by atoms with van der Waals surface area (Å²) in [5, 5.41) is 0. The topological polar surface area (TPSA) is 44.5 Å². The van der Waals surface area contributed by atoms with Gasteiger partial charge in [0.25, 0.3) is 0 Å². The summed E-state index contributed by atoms with van der Waals surface area (Å²) in [4.78, 5) is 0. The maximum Gasteiger partial charge on any atom is 0.123 e. The Morgan fingerprint density at radius 1 is 1.12 bits per heavy atom. The fourth-order valence-electron chi connectivity index (χ4n) is 1.98. The lowest BCUT2D eigenvalue weighted by Crippen LogP contribution is -2.11. The van der Waals surface area contributed by atoms with E-state index in [4.69, 9.17) is 15.2 Å². The smallest absolute Gasteiger partial charge is 0.123 e. The quantitative estimate of drug-likeness (QED) is 0.847. The molecule has 0 saturated heterocycles. The number of allylic oxidation sites excluding steroid dienone is 1. The van der Waals surface area contributed by atoms with Crippen LogP contribution in [0.4, 0.5) is 0 Å². The molecule has 1 aliphatic rings. The molecule has 0 aliphatic heterocycles. The van der Waals surface area contributed by atoms with E-state index in [-0.39, 0.29) is 6.04 Å². The molecule has 1 aromatic carbocycles. The van der Waals surface area contributed by atoms with Crippen LogP contribution < -0.4 is 15.2 Å². The van der Waals surface area contributed by atoms with Crippen LogP contribution in [0.3, 0.4) is 0 Å². The number of methoxy groups -OCH3 is 2. The van der Waals surface area contributed by atoms with Crippen molar-refractivity contribution >= 4 is 5.57 Å². The minimum absolute atomic E-state index is 0.187. The van der Waals surface area contributed by atoms with Crippen LogP contribution in [0.1, 0.15) is 18.4 Å². The summed E-state index contributed by atoms with van der Waals surface area (Å²) >= 11 is 0. The summed E-state index contributed by atoms with van der Waals surface area (Å²) in [5.74, 6) is 1.63. The van der Waals surface area contributed by atoms with Crippen LogP contribution in [0.15, 0.2) is 24.3 Å². The molecule has 16 heavy (non-hydrogen) atoms. The van der Waals surface area contributed by atoms with E-state index in [1.165, 1.54) is 5.57 Å². The van der Waals surface area contributed by atoms with Gasteiger partial charge in [-0.2, -0.15) is 0 Å². The lowest BCUT2D eigenvalue weighted by Gasteiger charge is -2.08. The lowest BCUT2D eigenvalue weighted by atomic mass is 10.0. The van der Waals surface area contributed by atoms with Crippen LogP contribution in [-0.4, -0.2) is 20.3 Å². The van der Waals surface area contributed by atoms with Gasteiger partial charge in [0.2, 0.25) is 0 Å². The van der Waals surface area contributed by atoms with Gasteiger partial charge >= 0.3 is 0 Å². The monoisotopic (exact) mass is 219 g/mol. The highest BCUT2D eigenvalue weighted by molar-refractivity contribution is 5.70. The molecule has 0 bridgehead atoms. The Morgan fingerprint density at radius 3 is 2.19 bits per heavy atom. The predicted molar refractivity (Wildman–Crippen MR) is 64.7 cm³/mol. The van der Waals surface area contributed by atoms with Crippen molar-refractivity contribution in [2.24, 2.45) is 5.73 Å². The Balaban J connectivity index is 2.36. The predicted octanol–water partition coefficient (Wildman–Crippen LogP) is 2.21. The fraction of sp³-hybridized carbons (Fsp3) is 0.385. The highest BCUT2D eigenvalue weighted by atomic mass is 16.5. The highest BCUT2D eigenvalue weighted by Gasteiger charge is 2.14. The molecular weight excluding hydrogens is 202 g/mol. The number of hydrogen-bond acceptors (Lipinski definition) is 3. The molecular formula is C13H17NO2. The maximum atomic E-state index is 5.86. The van der Waals surface area contributed by atoms with Crippen molar-refractivity contribution < 1.29 is 9.47 Å². The molecule has 86 valence electrons. The van der Waals surface area contributed by atoms with Gasteiger partial charge in [-0.05, 0) is 36.1 Å². The average Bonchev–Trinajstić information content (AvgIpc) is 2.75. The van der Waals surface area contributed by atoms with Crippen molar-refractivity contribution in [3.8, 4) is 11.5 Å². The molecule has 0 radical (unpaired) electrons. The van der Waals surface area contributed by atoms with Crippen LogP contribution in [0.2, 0.25) is 0 Å². The number of hydrogen-bond donors (Lipinski definition) is 1. The molecule has 0 aromatic heterocycles. The van der Waals surface area contributed by atoms with E-state index in [2.05, 4.69) is 6.08 Å². The maximum absolute atomic E-state index is 5.86. The average molecular weight is 219 g/mol. The third-order valence-corrected chi connectivity index (χ3v) is 2.88. The summed E-state index contributed by atoms with van der Waals surface area (Å²) in [7, 11) is 3.32. The van der Waals surface area contributed by atoms with Crippen molar-refractivity contribution in [1.29, 1.82) is 0 Å². The molecule has 1 atom stereocenters. The van der Waals surface area contributed by atoms with E-state index in [0.29, 0.717) is 0 Å². The van der Waals surface area contributed by atoms with Crippen LogP contribution in [0, 0.1) is 0 Å². The third kappa shape index (κ3) is 2.19. The summed E-state index contributed by atoms with van der Waals surface area (Å²) in [6.45, 7) is 0. The summed E-state index contributed by atoms with van der Waals surface area (Å²) in [5.41, 5.74) is 8.29. The van der Waals surface area contributed by atoms with Gasteiger partial charge in [0.1, 0.15) is 11.5 Å². The number of rotatable bonds is 3. The van der Waals surface area contributed by atoms with Crippen LogP contribution in [-0.2, 0) is 0 Å². The zero-order valence-electron chi connectivity index (χ0n) is 9.69. The van der Waals surface area contributed by atoms with Gasteiger partial charge in [-0.1, -0.05) is 6.08 Å². The van der Waals surface area contributed by atoms with E-state index in [9.17, 15) is 0 Å². The minimum Gasteiger partial charge on any atom is -0.497 e. The van der Waals surface area contributed by atoms with Crippen LogP contribution in [0.25, 0.3) is 5.57 Å². The van der Waals surface area contributed by atoms with Crippen molar-refractivity contribution in [2.45, 2.75) is 18.9 Å². The Morgan fingerprint density at radius 2 is 1.75 bits per heavy atom. The molecule has 0 spiro atoms. The first-order valence-electron chi connectivity index (χ1n) is 5.42.